The van der Waals surface area contributed by atoms with Crippen molar-refractivity contribution in [2.75, 3.05) is 0 Å². The SMILES string of the molecule is Cc1nc(-c2ccc(C(F)(F)F)cc2)sc1[C@H](C)O. The molecule has 1 aromatic carbocycles. The average molecular weight is 287 g/mol. The summed E-state index contributed by atoms with van der Waals surface area (Å²) < 4.78 is 37.4. The normalized spacial score (nSPS) is 13.6. The first-order valence-electron chi connectivity index (χ1n) is 5.62. The molecule has 0 fully saturated rings. The molecule has 0 unspecified atom stereocenters. The molecule has 6 heteroatoms. The molecule has 0 aliphatic heterocycles. The average Bonchev–Trinajstić information content (AvgIpc) is 2.70. The summed E-state index contributed by atoms with van der Waals surface area (Å²) in [5, 5.41) is 10.2. The molecular formula is C13H12F3NOS. The van der Waals surface area contributed by atoms with Crippen LogP contribution in [0, 0.1) is 6.92 Å². The molecule has 102 valence electrons. The summed E-state index contributed by atoms with van der Waals surface area (Å²) in [7, 11) is 0. The number of aryl methyl sites for hydroxylation is 1. The van der Waals surface area contributed by atoms with Crippen molar-refractivity contribution in [3.8, 4) is 10.6 Å². The number of thiazole rings is 1. The zero-order valence-corrected chi connectivity index (χ0v) is 11.1. The molecule has 0 amide bonds. The van der Waals surface area contributed by atoms with Gasteiger partial charge in [0.15, 0.2) is 0 Å². The minimum Gasteiger partial charge on any atom is -0.388 e. The van der Waals surface area contributed by atoms with Crippen LogP contribution in [0.2, 0.25) is 0 Å². The van der Waals surface area contributed by atoms with E-state index < -0.39 is 17.8 Å². The molecule has 1 heterocycles. The van der Waals surface area contributed by atoms with Crippen molar-refractivity contribution in [1.82, 2.24) is 4.98 Å². The number of aliphatic hydroxyl groups excluding tert-OH is 1. The Balaban J connectivity index is 2.35. The van der Waals surface area contributed by atoms with Gasteiger partial charge in [0.05, 0.1) is 22.2 Å². The third-order valence-corrected chi connectivity index (χ3v) is 4.05. The Bertz CT molecular complexity index is 573. The first kappa shape index (κ1) is 14.0. The number of halogens is 3. The molecule has 2 nitrogen and oxygen atoms in total. The van der Waals surface area contributed by atoms with Crippen molar-refractivity contribution in [2.24, 2.45) is 0 Å². The van der Waals surface area contributed by atoms with Crippen LogP contribution in [0.15, 0.2) is 24.3 Å². The smallest absolute Gasteiger partial charge is 0.388 e. The van der Waals surface area contributed by atoms with Gasteiger partial charge in [-0.25, -0.2) is 4.98 Å². The molecule has 19 heavy (non-hydrogen) atoms. The van der Waals surface area contributed by atoms with Gasteiger partial charge < -0.3 is 5.11 Å². The predicted octanol–water partition coefficient (Wildman–Crippen LogP) is 4.19. The first-order valence-corrected chi connectivity index (χ1v) is 6.43. The lowest BCUT2D eigenvalue weighted by atomic mass is 10.1. The van der Waals surface area contributed by atoms with Gasteiger partial charge in [0.25, 0.3) is 0 Å². The second kappa shape index (κ2) is 4.94. The van der Waals surface area contributed by atoms with Gasteiger partial charge in [-0.1, -0.05) is 12.1 Å². The third kappa shape index (κ3) is 2.96. The van der Waals surface area contributed by atoms with Crippen molar-refractivity contribution >= 4 is 11.3 Å². The molecule has 1 N–H and O–H groups in total. The summed E-state index contributed by atoms with van der Waals surface area (Å²) in [6, 6.07) is 4.86. The fourth-order valence-electron chi connectivity index (χ4n) is 1.72. The van der Waals surface area contributed by atoms with E-state index in [1.807, 2.05) is 0 Å². The van der Waals surface area contributed by atoms with Crippen LogP contribution >= 0.6 is 11.3 Å². The molecule has 1 aromatic heterocycles. The van der Waals surface area contributed by atoms with Gasteiger partial charge in [0, 0.05) is 5.56 Å². The van der Waals surface area contributed by atoms with E-state index in [2.05, 4.69) is 4.98 Å². The van der Waals surface area contributed by atoms with Crippen molar-refractivity contribution in [3.05, 3.63) is 40.4 Å². The number of aromatic nitrogens is 1. The summed E-state index contributed by atoms with van der Waals surface area (Å²) in [5.41, 5.74) is 0.642. The number of rotatable bonds is 2. The molecule has 0 radical (unpaired) electrons. The van der Waals surface area contributed by atoms with Crippen LogP contribution in [0.25, 0.3) is 10.6 Å². The maximum absolute atomic E-state index is 12.5. The van der Waals surface area contributed by atoms with Crippen molar-refractivity contribution < 1.29 is 18.3 Å². The van der Waals surface area contributed by atoms with E-state index in [1.165, 1.54) is 23.5 Å². The second-order valence-electron chi connectivity index (χ2n) is 4.22. The number of hydrogen-bond acceptors (Lipinski definition) is 3. The molecule has 0 aliphatic rings. The number of benzene rings is 1. The molecule has 1 atom stereocenters. The van der Waals surface area contributed by atoms with E-state index in [0.29, 0.717) is 16.3 Å². The minimum atomic E-state index is -4.33. The predicted molar refractivity (Wildman–Crippen MR) is 67.9 cm³/mol. The highest BCUT2D eigenvalue weighted by molar-refractivity contribution is 7.15. The molecule has 0 aliphatic carbocycles. The van der Waals surface area contributed by atoms with Gasteiger partial charge in [0.2, 0.25) is 0 Å². The Hall–Kier alpha value is -1.40. The van der Waals surface area contributed by atoms with Crippen molar-refractivity contribution in [2.45, 2.75) is 26.1 Å². The molecule has 0 bridgehead atoms. The zero-order chi connectivity index (χ0) is 14.2. The number of aliphatic hydroxyl groups is 1. The highest BCUT2D eigenvalue weighted by Crippen LogP contribution is 2.34. The lowest BCUT2D eigenvalue weighted by Gasteiger charge is -2.06. The maximum Gasteiger partial charge on any atom is 0.416 e. The van der Waals surface area contributed by atoms with Crippen LogP contribution in [0.4, 0.5) is 13.2 Å². The van der Waals surface area contributed by atoms with Gasteiger partial charge in [-0.2, -0.15) is 13.2 Å². The maximum atomic E-state index is 12.5. The van der Waals surface area contributed by atoms with E-state index in [9.17, 15) is 18.3 Å². The van der Waals surface area contributed by atoms with Crippen LogP contribution < -0.4 is 0 Å². The molecule has 0 saturated heterocycles. The fourth-order valence-corrected chi connectivity index (χ4v) is 2.73. The third-order valence-electron chi connectivity index (χ3n) is 2.67. The summed E-state index contributed by atoms with van der Waals surface area (Å²) >= 11 is 1.29. The molecule has 2 aromatic rings. The lowest BCUT2D eigenvalue weighted by Crippen LogP contribution is -2.03. The Labute approximate surface area is 112 Å². The highest BCUT2D eigenvalue weighted by Gasteiger charge is 2.30. The van der Waals surface area contributed by atoms with Gasteiger partial charge in [-0.15, -0.1) is 11.3 Å². The van der Waals surface area contributed by atoms with Gasteiger partial charge in [-0.3, -0.25) is 0 Å². The van der Waals surface area contributed by atoms with Crippen LogP contribution in [0.1, 0.15) is 29.2 Å². The van der Waals surface area contributed by atoms with Gasteiger partial charge >= 0.3 is 6.18 Å². The van der Waals surface area contributed by atoms with E-state index in [-0.39, 0.29) is 0 Å². The standard InChI is InChI=1S/C13H12F3NOS/c1-7-11(8(2)18)19-12(17-7)9-3-5-10(6-4-9)13(14,15)16/h3-6,8,18H,1-2H3/t8-/m0/s1. The fraction of sp³-hybridized carbons (Fsp3) is 0.308. The van der Waals surface area contributed by atoms with Crippen LogP contribution in [0.3, 0.4) is 0 Å². The summed E-state index contributed by atoms with van der Waals surface area (Å²) in [6.07, 6.45) is -4.96. The Morgan fingerprint density at radius 3 is 2.21 bits per heavy atom. The molecule has 0 spiro atoms. The zero-order valence-electron chi connectivity index (χ0n) is 10.3. The number of alkyl halides is 3. The summed E-state index contributed by atoms with van der Waals surface area (Å²) in [6.45, 7) is 3.41. The van der Waals surface area contributed by atoms with Crippen molar-refractivity contribution in [3.63, 3.8) is 0 Å². The van der Waals surface area contributed by atoms with E-state index >= 15 is 0 Å². The lowest BCUT2D eigenvalue weighted by molar-refractivity contribution is -0.137. The van der Waals surface area contributed by atoms with E-state index in [0.717, 1.165) is 17.0 Å². The summed E-state index contributed by atoms with van der Waals surface area (Å²) in [5.74, 6) is 0. The van der Waals surface area contributed by atoms with Crippen LogP contribution in [-0.4, -0.2) is 10.1 Å². The second-order valence-corrected chi connectivity index (χ2v) is 5.25. The topological polar surface area (TPSA) is 33.1 Å². The molecule has 2 rings (SSSR count). The Morgan fingerprint density at radius 1 is 1.21 bits per heavy atom. The van der Waals surface area contributed by atoms with Gasteiger partial charge in [-0.05, 0) is 26.0 Å². The largest absolute Gasteiger partial charge is 0.416 e. The molecular weight excluding hydrogens is 275 g/mol. The van der Waals surface area contributed by atoms with E-state index in [1.54, 1.807) is 13.8 Å². The Morgan fingerprint density at radius 2 is 1.79 bits per heavy atom. The highest BCUT2D eigenvalue weighted by atomic mass is 32.1. The monoisotopic (exact) mass is 287 g/mol. The number of hydrogen-bond donors (Lipinski definition) is 1. The van der Waals surface area contributed by atoms with E-state index in [4.69, 9.17) is 0 Å². The quantitative estimate of drug-likeness (QED) is 0.898. The summed E-state index contributed by atoms with van der Waals surface area (Å²) in [4.78, 5) is 5.00. The molecule has 0 saturated carbocycles. The van der Waals surface area contributed by atoms with Crippen LogP contribution in [0.5, 0.6) is 0 Å². The van der Waals surface area contributed by atoms with Gasteiger partial charge in [0.1, 0.15) is 5.01 Å². The van der Waals surface area contributed by atoms with Crippen LogP contribution in [-0.2, 0) is 6.18 Å². The Kier molecular flexibility index (Phi) is 3.64. The minimum absolute atomic E-state index is 0.613. The van der Waals surface area contributed by atoms with Crippen molar-refractivity contribution in [1.29, 1.82) is 0 Å². The first-order chi connectivity index (χ1) is 8.79. The number of nitrogens with zero attached hydrogens (tertiary/aromatic N) is 1.